The molecule has 18 heavy (non-hydrogen) atoms. The molecule has 2 aliphatic carbocycles. The topological polar surface area (TPSA) is 9.23 Å². The molecule has 0 aromatic carbocycles. The zero-order valence-electron chi connectivity index (χ0n) is 13.3. The molecule has 0 spiro atoms. The van der Waals surface area contributed by atoms with Gasteiger partial charge in [-0.05, 0) is 55.1 Å². The van der Waals surface area contributed by atoms with Crippen LogP contribution < -0.4 is 0 Å². The SMILES string of the molecule is CC12CCCC(O[Si](C)(C)C(C)(C)C)C1CCC2. The summed E-state index contributed by atoms with van der Waals surface area (Å²) in [6.07, 6.45) is 8.98. The van der Waals surface area contributed by atoms with E-state index in [2.05, 4.69) is 40.8 Å². The Balaban J connectivity index is 2.10. The first-order chi connectivity index (χ1) is 8.16. The first-order valence-corrected chi connectivity index (χ1v) is 10.7. The number of hydrogen-bond donors (Lipinski definition) is 0. The predicted molar refractivity (Wildman–Crippen MR) is 81.4 cm³/mol. The molecule has 0 radical (unpaired) electrons. The molecule has 3 unspecified atom stereocenters. The van der Waals surface area contributed by atoms with Gasteiger partial charge in [0.25, 0.3) is 0 Å². The molecule has 2 saturated carbocycles. The third-order valence-corrected chi connectivity index (χ3v) is 10.6. The lowest BCUT2D eigenvalue weighted by molar-refractivity contribution is 0.0101. The van der Waals surface area contributed by atoms with Gasteiger partial charge in [-0.2, -0.15) is 0 Å². The highest BCUT2D eigenvalue weighted by atomic mass is 28.4. The molecule has 0 aromatic heterocycles. The molecule has 0 heterocycles. The molecule has 0 saturated heterocycles. The first-order valence-electron chi connectivity index (χ1n) is 7.84. The summed E-state index contributed by atoms with van der Waals surface area (Å²) in [5.74, 6) is 0.848. The number of fused-ring (bicyclic) bond motifs is 1. The number of hydrogen-bond acceptors (Lipinski definition) is 1. The Kier molecular flexibility index (Phi) is 3.75. The summed E-state index contributed by atoms with van der Waals surface area (Å²) < 4.78 is 6.76. The highest BCUT2D eigenvalue weighted by Crippen LogP contribution is 2.54. The lowest BCUT2D eigenvalue weighted by Gasteiger charge is -2.47. The van der Waals surface area contributed by atoms with E-state index in [1.165, 1.54) is 38.5 Å². The maximum atomic E-state index is 6.76. The Morgan fingerprint density at radius 1 is 1.06 bits per heavy atom. The van der Waals surface area contributed by atoms with Crippen molar-refractivity contribution in [3.63, 3.8) is 0 Å². The fraction of sp³-hybridized carbons (Fsp3) is 1.00. The fourth-order valence-electron chi connectivity index (χ4n) is 3.81. The Bertz CT molecular complexity index is 305. The van der Waals surface area contributed by atoms with Crippen molar-refractivity contribution >= 4 is 8.32 Å². The van der Waals surface area contributed by atoms with Gasteiger partial charge in [-0.1, -0.05) is 40.5 Å². The minimum absolute atomic E-state index is 0.347. The third-order valence-electron chi connectivity index (χ3n) is 6.10. The molecule has 2 rings (SSSR count). The highest BCUT2D eigenvalue weighted by molar-refractivity contribution is 6.74. The molecule has 3 atom stereocenters. The Hall–Kier alpha value is 0.177. The van der Waals surface area contributed by atoms with Crippen molar-refractivity contribution in [2.75, 3.05) is 0 Å². The zero-order valence-corrected chi connectivity index (χ0v) is 14.3. The molecule has 0 N–H and O–H groups in total. The monoisotopic (exact) mass is 268 g/mol. The standard InChI is InChI=1S/C16H32OSi/c1-15(2,3)18(5,6)17-14-10-8-12-16(4)11-7-9-13(14)16/h13-14H,7-12H2,1-6H3. The van der Waals surface area contributed by atoms with Crippen LogP contribution in [-0.2, 0) is 4.43 Å². The van der Waals surface area contributed by atoms with Crippen molar-refractivity contribution in [1.82, 2.24) is 0 Å². The second-order valence-corrected chi connectivity index (χ2v) is 13.2. The molecule has 0 aromatic rings. The lowest BCUT2D eigenvalue weighted by Crippen LogP contribution is -2.48. The molecule has 1 nitrogen and oxygen atoms in total. The molecule has 0 aliphatic heterocycles. The van der Waals surface area contributed by atoms with E-state index < -0.39 is 8.32 Å². The van der Waals surface area contributed by atoms with Crippen LogP contribution in [0.15, 0.2) is 0 Å². The van der Waals surface area contributed by atoms with E-state index in [9.17, 15) is 0 Å². The average molecular weight is 269 g/mol. The van der Waals surface area contributed by atoms with Crippen LogP contribution in [0.25, 0.3) is 0 Å². The van der Waals surface area contributed by atoms with Crippen molar-refractivity contribution in [3.8, 4) is 0 Å². The molecule has 2 heteroatoms. The van der Waals surface area contributed by atoms with Crippen LogP contribution in [0.2, 0.25) is 18.1 Å². The van der Waals surface area contributed by atoms with Crippen molar-refractivity contribution in [3.05, 3.63) is 0 Å². The predicted octanol–water partition coefficient (Wildman–Crippen LogP) is 5.37. The van der Waals surface area contributed by atoms with E-state index in [-0.39, 0.29) is 0 Å². The van der Waals surface area contributed by atoms with E-state index in [1.54, 1.807) is 0 Å². The van der Waals surface area contributed by atoms with Gasteiger partial charge < -0.3 is 4.43 Å². The molecule has 0 amide bonds. The first kappa shape index (κ1) is 14.6. The van der Waals surface area contributed by atoms with Gasteiger partial charge in [-0.25, -0.2) is 0 Å². The maximum absolute atomic E-state index is 6.76. The van der Waals surface area contributed by atoms with Crippen LogP contribution in [0.3, 0.4) is 0 Å². The van der Waals surface area contributed by atoms with Crippen molar-refractivity contribution in [2.24, 2.45) is 11.3 Å². The highest BCUT2D eigenvalue weighted by Gasteiger charge is 2.48. The Labute approximate surface area is 115 Å². The average Bonchev–Trinajstić information content (AvgIpc) is 2.58. The lowest BCUT2D eigenvalue weighted by atomic mass is 9.68. The summed E-state index contributed by atoms with van der Waals surface area (Å²) >= 11 is 0. The van der Waals surface area contributed by atoms with Gasteiger partial charge in [0.2, 0.25) is 0 Å². The smallest absolute Gasteiger partial charge is 0.192 e. The van der Waals surface area contributed by atoms with E-state index in [1.807, 2.05) is 0 Å². The van der Waals surface area contributed by atoms with E-state index in [4.69, 9.17) is 4.43 Å². The second-order valence-electron chi connectivity index (χ2n) is 8.46. The summed E-state index contributed by atoms with van der Waals surface area (Å²) in [5.41, 5.74) is 0.602. The van der Waals surface area contributed by atoms with E-state index in [0.717, 1.165) is 5.92 Å². The summed E-state index contributed by atoms with van der Waals surface area (Å²) in [6, 6.07) is 0. The second kappa shape index (κ2) is 4.62. The van der Waals surface area contributed by atoms with Crippen molar-refractivity contribution in [1.29, 1.82) is 0 Å². The zero-order chi connectivity index (χ0) is 13.6. The van der Waals surface area contributed by atoms with Gasteiger partial charge in [0.15, 0.2) is 8.32 Å². The van der Waals surface area contributed by atoms with Gasteiger partial charge in [0, 0.05) is 6.10 Å². The largest absolute Gasteiger partial charge is 0.414 e. The Morgan fingerprint density at radius 2 is 1.61 bits per heavy atom. The van der Waals surface area contributed by atoms with Crippen molar-refractivity contribution < 1.29 is 4.43 Å². The molecular weight excluding hydrogens is 236 g/mol. The molecule has 2 aliphatic rings. The normalized spacial score (nSPS) is 37.7. The summed E-state index contributed by atoms with van der Waals surface area (Å²) in [5, 5.41) is 0.347. The quantitative estimate of drug-likeness (QED) is 0.612. The fourth-order valence-corrected chi connectivity index (χ4v) is 5.20. The summed E-state index contributed by atoms with van der Waals surface area (Å²) in [4.78, 5) is 0. The molecule has 106 valence electrons. The molecular formula is C16H32OSi. The van der Waals surface area contributed by atoms with Crippen LogP contribution >= 0.6 is 0 Å². The summed E-state index contributed by atoms with van der Waals surface area (Å²) in [6.45, 7) is 14.4. The third kappa shape index (κ3) is 2.56. The molecule has 0 bridgehead atoms. The van der Waals surface area contributed by atoms with Crippen LogP contribution in [0.5, 0.6) is 0 Å². The van der Waals surface area contributed by atoms with Gasteiger partial charge in [-0.3, -0.25) is 0 Å². The van der Waals surface area contributed by atoms with Gasteiger partial charge in [0.1, 0.15) is 0 Å². The van der Waals surface area contributed by atoms with E-state index >= 15 is 0 Å². The van der Waals surface area contributed by atoms with Crippen LogP contribution in [0.4, 0.5) is 0 Å². The van der Waals surface area contributed by atoms with Gasteiger partial charge >= 0.3 is 0 Å². The van der Waals surface area contributed by atoms with Crippen LogP contribution in [0, 0.1) is 11.3 Å². The number of rotatable bonds is 2. The van der Waals surface area contributed by atoms with Gasteiger partial charge in [-0.15, -0.1) is 0 Å². The van der Waals surface area contributed by atoms with E-state index in [0.29, 0.717) is 16.6 Å². The minimum Gasteiger partial charge on any atom is -0.414 e. The van der Waals surface area contributed by atoms with Crippen LogP contribution in [-0.4, -0.2) is 14.4 Å². The van der Waals surface area contributed by atoms with Crippen LogP contribution in [0.1, 0.15) is 66.2 Å². The Morgan fingerprint density at radius 3 is 2.17 bits per heavy atom. The van der Waals surface area contributed by atoms with Crippen molar-refractivity contribution in [2.45, 2.75) is 90.5 Å². The maximum Gasteiger partial charge on any atom is 0.192 e. The summed E-state index contributed by atoms with van der Waals surface area (Å²) in [7, 11) is -1.59. The van der Waals surface area contributed by atoms with Gasteiger partial charge in [0.05, 0.1) is 0 Å². The molecule has 2 fully saturated rings. The minimum atomic E-state index is -1.59.